The summed E-state index contributed by atoms with van der Waals surface area (Å²) >= 11 is 0. The highest BCUT2D eigenvalue weighted by molar-refractivity contribution is 5.79. The van der Waals surface area contributed by atoms with Crippen molar-refractivity contribution < 1.29 is 9.90 Å². The second kappa shape index (κ2) is 8.02. The molecular formula is C17H33NO2. The molecule has 1 saturated carbocycles. The third kappa shape index (κ3) is 5.43. The van der Waals surface area contributed by atoms with E-state index >= 15 is 0 Å². The van der Waals surface area contributed by atoms with Gasteiger partial charge < -0.3 is 10.4 Å². The molecule has 2 N–H and O–H groups in total. The van der Waals surface area contributed by atoms with E-state index in [0.29, 0.717) is 17.3 Å². The number of carbonyl (C=O) groups is 1. The minimum Gasteiger partial charge on any atom is -0.396 e. The number of carbonyl (C=O) groups excluding carboxylic acids is 1. The summed E-state index contributed by atoms with van der Waals surface area (Å²) in [6, 6.07) is 0. The summed E-state index contributed by atoms with van der Waals surface area (Å²) < 4.78 is 0. The Labute approximate surface area is 124 Å². The van der Waals surface area contributed by atoms with Gasteiger partial charge in [-0.05, 0) is 55.8 Å². The molecule has 118 valence electrons. The molecule has 1 aliphatic rings. The molecular weight excluding hydrogens is 250 g/mol. The summed E-state index contributed by atoms with van der Waals surface area (Å²) in [5, 5.41) is 11.9. The molecule has 1 amide bonds. The van der Waals surface area contributed by atoms with Crippen LogP contribution in [0.2, 0.25) is 0 Å². The lowest BCUT2D eigenvalue weighted by Crippen LogP contribution is -2.42. The van der Waals surface area contributed by atoms with Crippen molar-refractivity contribution in [2.75, 3.05) is 13.2 Å². The van der Waals surface area contributed by atoms with E-state index in [4.69, 9.17) is 5.11 Å². The summed E-state index contributed by atoms with van der Waals surface area (Å²) in [5.41, 5.74) is 0.296. The van der Waals surface area contributed by atoms with Gasteiger partial charge in [-0.1, -0.05) is 27.7 Å². The van der Waals surface area contributed by atoms with Crippen LogP contribution in [0.25, 0.3) is 0 Å². The average Bonchev–Trinajstić information content (AvgIpc) is 2.36. The van der Waals surface area contributed by atoms with Crippen LogP contribution in [0.1, 0.15) is 66.2 Å². The van der Waals surface area contributed by atoms with Gasteiger partial charge in [-0.25, -0.2) is 0 Å². The normalized spacial score (nSPS) is 25.7. The Morgan fingerprint density at radius 2 is 2.00 bits per heavy atom. The zero-order valence-corrected chi connectivity index (χ0v) is 13.7. The molecule has 0 radical (unpaired) electrons. The summed E-state index contributed by atoms with van der Waals surface area (Å²) in [7, 11) is 0. The van der Waals surface area contributed by atoms with Crippen LogP contribution in [0, 0.1) is 23.2 Å². The van der Waals surface area contributed by atoms with Crippen molar-refractivity contribution in [3.05, 3.63) is 0 Å². The van der Waals surface area contributed by atoms with Crippen molar-refractivity contribution in [1.82, 2.24) is 5.32 Å². The lowest BCUT2D eigenvalue weighted by Gasteiger charge is -2.41. The lowest BCUT2D eigenvalue weighted by molar-refractivity contribution is -0.130. The molecule has 0 saturated heterocycles. The molecule has 3 heteroatoms. The van der Waals surface area contributed by atoms with Gasteiger partial charge in [-0.3, -0.25) is 4.79 Å². The van der Waals surface area contributed by atoms with Crippen molar-refractivity contribution in [2.24, 2.45) is 23.2 Å². The number of hydrogen-bond acceptors (Lipinski definition) is 2. The topological polar surface area (TPSA) is 49.3 Å². The number of aliphatic hydroxyl groups is 1. The summed E-state index contributed by atoms with van der Waals surface area (Å²) in [5.74, 6) is 1.54. The molecule has 1 rings (SSSR count). The molecule has 20 heavy (non-hydrogen) atoms. The van der Waals surface area contributed by atoms with E-state index in [2.05, 4.69) is 33.0 Å². The predicted octanol–water partition coefficient (Wildman–Crippen LogP) is 3.36. The summed E-state index contributed by atoms with van der Waals surface area (Å²) in [6.45, 7) is 10.0. The van der Waals surface area contributed by atoms with Gasteiger partial charge in [0.2, 0.25) is 5.91 Å². The lowest BCUT2D eigenvalue weighted by atomic mass is 9.64. The fourth-order valence-electron chi connectivity index (χ4n) is 3.45. The first-order valence-corrected chi connectivity index (χ1v) is 8.26. The van der Waals surface area contributed by atoms with E-state index < -0.39 is 0 Å². The highest BCUT2D eigenvalue weighted by Crippen LogP contribution is 2.44. The van der Waals surface area contributed by atoms with Gasteiger partial charge in [0.25, 0.3) is 0 Å². The van der Waals surface area contributed by atoms with E-state index in [9.17, 15) is 4.79 Å². The molecule has 0 aliphatic heterocycles. The molecule has 0 heterocycles. The van der Waals surface area contributed by atoms with Crippen LogP contribution in [0.3, 0.4) is 0 Å². The molecule has 1 aliphatic carbocycles. The van der Waals surface area contributed by atoms with Crippen LogP contribution in [0.4, 0.5) is 0 Å². The van der Waals surface area contributed by atoms with Crippen LogP contribution >= 0.6 is 0 Å². The van der Waals surface area contributed by atoms with Crippen molar-refractivity contribution in [3.8, 4) is 0 Å². The zero-order chi connectivity index (χ0) is 15.2. The third-order valence-electron chi connectivity index (χ3n) is 4.77. The highest BCUT2D eigenvalue weighted by Gasteiger charge is 2.39. The fraction of sp³-hybridized carbons (Fsp3) is 0.941. The smallest absolute Gasteiger partial charge is 0.223 e. The van der Waals surface area contributed by atoms with Crippen molar-refractivity contribution >= 4 is 5.91 Å². The van der Waals surface area contributed by atoms with E-state index in [-0.39, 0.29) is 18.4 Å². The first-order valence-electron chi connectivity index (χ1n) is 8.26. The Morgan fingerprint density at radius 3 is 2.60 bits per heavy atom. The predicted molar refractivity (Wildman–Crippen MR) is 83.4 cm³/mol. The van der Waals surface area contributed by atoms with E-state index in [1.54, 1.807) is 0 Å². The molecule has 0 bridgehead atoms. The molecule has 3 nitrogen and oxygen atoms in total. The highest BCUT2D eigenvalue weighted by atomic mass is 16.2. The Morgan fingerprint density at radius 1 is 1.30 bits per heavy atom. The number of unbranched alkanes of at least 4 members (excludes halogenated alkanes) is 2. The van der Waals surface area contributed by atoms with Gasteiger partial charge in [0.15, 0.2) is 0 Å². The molecule has 2 unspecified atom stereocenters. The molecule has 1 fully saturated rings. The second-order valence-corrected chi connectivity index (χ2v) is 7.50. The minimum absolute atomic E-state index is 0.177. The van der Waals surface area contributed by atoms with E-state index in [1.807, 2.05) is 0 Å². The van der Waals surface area contributed by atoms with Crippen LogP contribution in [0.5, 0.6) is 0 Å². The van der Waals surface area contributed by atoms with E-state index in [0.717, 1.165) is 32.2 Å². The maximum atomic E-state index is 12.5. The number of amides is 1. The maximum absolute atomic E-state index is 12.5. The third-order valence-corrected chi connectivity index (χ3v) is 4.77. The zero-order valence-electron chi connectivity index (χ0n) is 13.7. The molecule has 0 aromatic heterocycles. The van der Waals surface area contributed by atoms with E-state index in [1.165, 1.54) is 12.8 Å². The molecule has 2 atom stereocenters. The van der Waals surface area contributed by atoms with Gasteiger partial charge in [0, 0.05) is 19.1 Å². The van der Waals surface area contributed by atoms with Gasteiger partial charge in [-0.2, -0.15) is 0 Å². The van der Waals surface area contributed by atoms with Crippen LogP contribution < -0.4 is 5.32 Å². The SMILES string of the molecule is CC(C)C1CCC(C)(C)CC1C(=O)NCCCCCO. The van der Waals surface area contributed by atoms with Crippen molar-refractivity contribution in [3.63, 3.8) is 0 Å². The number of nitrogens with one attached hydrogen (secondary N) is 1. The first-order chi connectivity index (χ1) is 9.37. The van der Waals surface area contributed by atoms with Gasteiger partial charge in [0.05, 0.1) is 0 Å². The van der Waals surface area contributed by atoms with Crippen LogP contribution in [0.15, 0.2) is 0 Å². The maximum Gasteiger partial charge on any atom is 0.223 e. The van der Waals surface area contributed by atoms with Gasteiger partial charge >= 0.3 is 0 Å². The first kappa shape index (κ1) is 17.5. The van der Waals surface area contributed by atoms with Gasteiger partial charge in [-0.15, -0.1) is 0 Å². The standard InChI is InChI=1S/C17H33NO2/c1-13(2)14-8-9-17(3,4)12-15(14)16(20)18-10-6-5-7-11-19/h13-15,19H,5-12H2,1-4H3,(H,18,20). The molecule has 0 spiro atoms. The molecule has 0 aromatic carbocycles. The summed E-state index contributed by atoms with van der Waals surface area (Å²) in [4.78, 5) is 12.5. The Hall–Kier alpha value is -0.570. The Bertz CT molecular complexity index is 299. The van der Waals surface area contributed by atoms with Gasteiger partial charge in [0.1, 0.15) is 0 Å². The van der Waals surface area contributed by atoms with Crippen molar-refractivity contribution in [1.29, 1.82) is 0 Å². The van der Waals surface area contributed by atoms with Crippen molar-refractivity contribution in [2.45, 2.75) is 66.2 Å². The minimum atomic E-state index is 0.177. The van der Waals surface area contributed by atoms with Crippen LogP contribution in [-0.2, 0) is 4.79 Å². The largest absolute Gasteiger partial charge is 0.396 e. The van der Waals surface area contributed by atoms with Crippen LogP contribution in [-0.4, -0.2) is 24.2 Å². The quantitative estimate of drug-likeness (QED) is 0.704. The number of aliphatic hydroxyl groups excluding tert-OH is 1. The molecule has 0 aromatic rings. The average molecular weight is 283 g/mol. The second-order valence-electron chi connectivity index (χ2n) is 7.50. The summed E-state index contributed by atoms with van der Waals surface area (Å²) in [6.07, 6.45) is 6.21. The Balaban J connectivity index is 2.48. The Kier molecular flexibility index (Phi) is 7.01. The number of rotatable bonds is 7. The number of hydrogen-bond donors (Lipinski definition) is 2. The monoisotopic (exact) mass is 283 g/mol. The fourth-order valence-corrected chi connectivity index (χ4v) is 3.45.